The Bertz CT molecular complexity index is 734. The topological polar surface area (TPSA) is 71.1 Å². The molecule has 0 atom stereocenters. The van der Waals surface area contributed by atoms with E-state index in [1.165, 1.54) is 0 Å². The van der Waals surface area contributed by atoms with Gasteiger partial charge in [-0.2, -0.15) is 26.3 Å². The van der Waals surface area contributed by atoms with Gasteiger partial charge in [0.25, 0.3) is 5.92 Å². The molecule has 0 bridgehead atoms. The molecule has 6 nitrogen and oxygen atoms in total. The third-order valence-corrected chi connectivity index (χ3v) is 4.17. The Balaban J connectivity index is 5.59. The Morgan fingerprint density at radius 2 is 1.21 bits per heavy atom. The van der Waals surface area contributed by atoms with E-state index in [0.717, 1.165) is 0 Å². The monoisotopic (exact) mass is 500 g/mol. The van der Waals surface area contributed by atoms with Crippen LogP contribution in [-0.4, -0.2) is 60.4 Å². The molecule has 0 aromatic heterocycles. The highest BCUT2D eigenvalue weighted by molar-refractivity contribution is 5.81. The summed E-state index contributed by atoms with van der Waals surface area (Å²) in [6, 6.07) is 0. The van der Waals surface area contributed by atoms with Crippen molar-refractivity contribution in [2.45, 2.75) is 69.4 Å². The highest BCUT2D eigenvalue weighted by atomic mass is 19.3. The number of hydrogen-bond acceptors (Lipinski definition) is 6. The van der Waals surface area contributed by atoms with Gasteiger partial charge in [0.1, 0.15) is 11.2 Å². The van der Waals surface area contributed by atoms with Crippen molar-refractivity contribution in [3.8, 4) is 0 Å². The Morgan fingerprint density at radius 1 is 0.758 bits per heavy atom. The Labute approximate surface area is 184 Å². The minimum atomic E-state index is -5.75. The first-order chi connectivity index (χ1) is 14.6. The average Bonchev–Trinajstić information content (AvgIpc) is 2.63. The molecule has 0 aromatic carbocycles. The van der Waals surface area contributed by atoms with Gasteiger partial charge in [-0.25, -0.2) is 18.4 Å². The lowest BCUT2D eigenvalue weighted by molar-refractivity contribution is -0.445. The summed E-state index contributed by atoms with van der Waals surface area (Å²) in [6.07, 6.45) is -10.7. The molecule has 33 heavy (non-hydrogen) atoms. The maximum atomic E-state index is 14.5. The van der Waals surface area contributed by atoms with E-state index in [9.17, 15) is 44.7 Å². The number of halogens is 8. The summed E-state index contributed by atoms with van der Waals surface area (Å²) in [5, 5.41) is 0. The van der Waals surface area contributed by atoms with E-state index in [4.69, 9.17) is 0 Å². The molecule has 0 saturated heterocycles. The van der Waals surface area contributed by atoms with Gasteiger partial charge in [-0.05, 0) is 27.7 Å². The van der Waals surface area contributed by atoms with Crippen molar-refractivity contribution in [1.82, 2.24) is 0 Å². The minimum absolute atomic E-state index is 0.132. The third-order valence-electron chi connectivity index (χ3n) is 4.17. The van der Waals surface area contributed by atoms with Crippen molar-refractivity contribution in [3.05, 3.63) is 25.3 Å². The molecule has 0 heterocycles. The van der Waals surface area contributed by atoms with Crippen molar-refractivity contribution >= 4 is 11.9 Å². The fourth-order valence-electron chi connectivity index (χ4n) is 2.13. The molecule has 0 rings (SSSR count). The van der Waals surface area contributed by atoms with Gasteiger partial charge in [-0.3, -0.25) is 0 Å². The minimum Gasteiger partial charge on any atom is -0.462 e. The normalized spacial score (nSPS) is 13.9. The average molecular weight is 500 g/mol. The van der Waals surface area contributed by atoms with E-state index < -0.39 is 66.8 Å². The van der Waals surface area contributed by atoms with Crippen molar-refractivity contribution in [2.24, 2.45) is 0 Å². The Kier molecular flexibility index (Phi) is 9.67. The zero-order valence-electron chi connectivity index (χ0n) is 18.2. The largest absolute Gasteiger partial charge is 0.462 e. The number of rotatable bonds is 14. The van der Waals surface area contributed by atoms with Crippen LogP contribution in [0, 0.1) is 0 Å². The van der Waals surface area contributed by atoms with Crippen LogP contribution < -0.4 is 0 Å². The van der Waals surface area contributed by atoms with Gasteiger partial charge >= 0.3 is 30.1 Å². The predicted molar refractivity (Wildman–Crippen MR) is 97.0 cm³/mol. The first-order valence-corrected chi connectivity index (χ1v) is 9.07. The number of ether oxygens (including phenoxy) is 4. The Morgan fingerprint density at radius 3 is 1.67 bits per heavy atom. The molecule has 0 aliphatic heterocycles. The lowest BCUT2D eigenvalue weighted by atomic mass is 9.95. The fraction of sp³-hybridized carbons (Fsp3) is 0.684. The molecule has 0 radical (unpaired) electrons. The summed E-state index contributed by atoms with van der Waals surface area (Å²) in [5.41, 5.74) is -7.01. The molecule has 0 N–H and O–H groups in total. The number of carbonyl (C=O) groups is 2. The second-order valence-electron chi connectivity index (χ2n) is 7.59. The van der Waals surface area contributed by atoms with E-state index in [2.05, 4.69) is 32.1 Å². The van der Waals surface area contributed by atoms with Gasteiger partial charge in [-0.1, -0.05) is 13.2 Å². The summed E-state index contributed by atoms with van der Waals surface area (Å²) >= 11 is 0. The summed E-state index contributed by atoms with van der Waals surface area (Å²) in [5.74, 6) is -12.3. The molecule has 0 fully saturated rings. The van der Waals surface area contributed by atoms with Crippen LogP contribution in [0.15, 0.2) is 25.3 Å². The molecule has 14 heteroatoms. The molecule has 0 spiro atoms. The van der Waals surface area contributed by atoms with Crippen LogP contribution >= 0.6 is 0 Å². The van der Waals surface area contributed by atoms with Gasteiger partial charge in [0.2, 0.25) is 0 Å². The quantitative estimate of drug-likeness (QED) is 0.192. The van der Waals surface area contributed by atoms with Gasteiger partial charge < -0.3 is 18.9 Å². The van der Waals surface area contributed by atoms with Gasteiger partial charge in [0.05, 0.1) is 6.61 Å². The molecular formula is C19H24F8O6. The number of esters is 2. The van der Waals surface area contributed by atoms with Crippen LogP contribution in [0.2, 0.25) is 0 Å². The second kappa shape index (κ2) is 10.4. The van der Waals surface area contributed by atoms with Crippen LogP contribution in [0.1, 0.15) is 34.1 Å². The maximum absolute atomic E-state index is 14.5. The van der Waals surface area contributed by atoms with E-state index in [1.807, 2.05) is 0 Å². The predicted octanol–water partition coefficient (Wildman–Crippen LogP) is 4.88. The third kappa shape index (κ3) is 7.95. The van der Waals surface area contributed by atoms with Crippen LogP contribution in [-0.2, 0) is 28.5 Å². The number of carbonyl (C=O) groups excluding carboxylic acids is 2. The fourth-order valence-corrected chi connectivity index (χ4v) is 2.13. The molecule has 0 aliphatic rings. The zero-order valence-corrected chi connectivity index (χ0v) is 18.2. The van der Waals surface area contributed by atoms with Crippen molar-refractivity contribution in [2.75, 3.05) is 13.2 Å². The molecular weight excluding hydrogens is 476 g/mol. The van der Waals surface area contributed by atoms with Crippen LogP contribution in [0.4, 0.5) is 35.1 Å². The molecule has 0 amide bonds. The summed E-state index contributed by atoms with van der Waals surface area (Å²) in [7, 11) is 0. The highest BCUT2D eigenvalue weighted by Crippen LogP contribution is 2.50. The molecule has 192 valence electrons. The lowest BCUT2D eigenvalue weighted by Crippen LogP contribution is -2.63. The highest BCUT2D eigenvalue weighted by Gasteiger charge is 2.71. The van der Waals surface area contributed by atoms with Gasteiger partial charge in [0, 0.05) is 18.6 Å². The summed E-state index contributed by atoms with van der Waals surface area (Å²) in [6.45, 7) is 3.97. The maximum Gasteiger partial charge on any atom is 0.423 e. The van der Waals surface area contributed by atoms with Crippen LogP contribution in [0.3, 0.4) is 0 Å². The first-order valence-electron chi connectivity index (χ1n) is 9.07. The summed E-state index contributed by atoms with van der Waals surface area (Å²) < 4.78 is 130. The number of alkyl halides is 8. The Hall–Kier alpha value is -2.22. The lowest BCUT2D eigenvalue weighted by Gasteiger charge is -2.43. The van der Waals surface area contributed by atoms with E-state index in [-0.39, 0.29) is 13.8 Å². The van der Waals surface area contributed by atoms with E-state index >= 15 is 0 Å². The second-order valence-corrected chi connectivity index (χ2v) is 7.59. The zero-order chi connectivity index (χ0) is 26.5. The van der Waals surface area contributed by atoms with Gasteiger partial charge in [0.15, 0.2) is 6.61 Å². The van der Waals surface area contributed by atoms with E-state index in [1.54, 1.807) is 0 Å². The SMILES string of the molecule is C=CC(=O)OCCC(F)(F)C(C)(C)OC(F)(F)C(F)(F)C(C)(C)OC(F)(F)COC(=O)C=C. The van der Waals surface area contributed by atoms with Crippen molar-refractivity contribution < 1.29 is 63.7 Å². The number of hydrogen-bond donors (Lipinski definition) is 0. The standard InChI is InChI=1S/C19H24F8O6/c1-7-12(28)30-10-9-16(20,21)14(3,4)33-19(26,27)18(24,25)15(5,6)32-17(22,23)11-31-13(29)8-2/h7-8H,1-2,9-11H2,3-6H3. The van der Waals surface area contributed by atoms with Crippen LogP contribution in [0.25, 0.3) is 0 Å². The molecule has 0 saturated carbocycles. The van der Waals surface area contributed by atoms with Gasteiger partial charge in [-0.15, -0.1) is 0 Å². The smallest absolute Gasteiger partial charge is 0.423 e. The van der Waals surface area contributed by atoms with Crippen molar-refractivity contribution in [1.29, 1.82) is 0 Å². The molecule has 0 aliphatic carbocycles. The molecule has 0 unspecified atom stereocenters. The van der Waals surface area contributed by atoms with E-state index in [0.29, 0.717) is 26.0 Å². The van der Waals surface area contributed by atoms with Crippen molar-refractivity contribution in [3.63, 3.8) is 0 Å². The molecule has 0 aromatic rings. The van der Waals surface area contributed by atoms with Crippen LogP contribution in [0.5, 0.6) is 0 Å². The first kappa shape index (κ1) is 30.8. The summed E-state index contributed by atoms with van der Waals surface area (Å²) in [4.78, 5) is 21.7.